The van der Waals surface area contributed by atoms with Gasteiger partial charge in [0.1, 0.15) is 0 Å². The van der Waals surface area contributed by atoms with Gasteiger partial charge in [-0.1, -0.05) is 25.1 Å². The van der Waals surface area contributed by atoms with Crippen molar-refractivity contribution >= 4 is 5.57 Å². The number of hydrogen-bond donors (Lipinski definition) is 0. The van der Waals surface area contributed by atoms with Crippen LogP contribution in [-0.4, -0.2) is 19.5 Å². The molecule has 1 atom stereocenters. The molecule has 1 aliphatic carbocycles. The topological polar surface area (TPSA) is 18.5 Å². The van der Waals surface area contributed by atoms with E-state index in [9.17, 15) is 13.2 Å². The van der Waals surface area contributed by atoms with Crippen molar-refractivity contribution in [1.82, 2.24) is 0 Å². The summed E-state index contributed by atoms with van der Waals surface area (Å²) < 4.78 is 49.3. The molecule has 0 radical (unpaired) electrons. The molecule has 0 amide bonds. The van der Waals surface area contributed by atoms with E-state index < -0.39 is 11.7 Å². The van der Waals surface area contributed by atoms with Crippen LogP contribution in [0.3, 0.4) is 0 Å². The summed E-state index contributed by atoms with van der Waals surface area (Å²) in [5, 5.41) is 0. The molecule has 1 heterocycles. The molecule has 1 aliphatic heterocycles. The summed E-state index contributed by atoms with van der Waals surface area (Å²) in [5.74, 6) is 0.772. The minimum Gasteiger partial charge on any atom is -0.352 e. The average Bonchev–Trinajstić information content (AvgIpc) is 2.55. The number of benzene rings is 1. The summed E-state index contributed by atoms with van der Waals surface area (Å²) in [6.07, 6.45) is 0.311. The standard InChI is InChI=1S/C18H21F3O2/c1-12-10-22-17(23-11-12)15-4-2-13(3-5-15)14-6-8-16(9-7-14)18(19,20)21/h2,6-9,12,15,17H,3-5,10-11H2,1H3. The fourth-order valence-electron chi connectivity index (χ4n) is 3.12. The molecule has 1 aromatic rings. The lowest BCUT2D eigenvalue weighted by molar-refractivity contribution is -0.222. The Morgan fingerprint density at radius 1 is 1.04 bits per heavy atom. The Kier molecular flexibility index (Phi) is 4.78. The number of alkyl halides is 3. The van der Waals surface area contributed by atoms with Crippen molar-refractivity contribution in [3.8, 4) is 0 Å². The van der Waals surface area contributed by atoms with Crippen LogP contribution in [0.2, 0.25) is 0 Å². The molecular weight excluding hydrogens is 305 g/mol. The van der Waals surface area contributed by atoms with E-state index in [1.165, 1.54) is 0 Å². The summed E-state index contributed by atoms with van der Waals surface area (Å²) in [5.41, 5.74) is 1.38. The maximum Gasteiger partial charge on any atom is 0.416 e. The molecule has 2 aliphatic rings. The van der Waals surface area contributed by atoms with E-state index in [0.717, 1.165) is 55.7 Å². The quantitative estimate of drug-likeness (QED) is 0.770. The molecule has 0 bridgehead atoms. The lowest BCUT2D eigenvalue weighted by Gasteiger charge is -2.34. The Morgan fingerprint density at radius 2 is 1.70 bits per heavy atom. The Labute approximate surface area is 134 Å². The van der Waals surface area contributed by atoms with Gasteiger partial charge in [0.05, 0.1) is 18.8 Å². The molecule has 1 saturated heterocycles. The van der Waals surface area contributed by atoms with Crippen molar-refractivity contribution in [1.29, 1.82) is 0 Å². The Bertz CT molecular complexity index is 555. The van der Waals surface area contributed by atoms with E-state index in [1.54, 1.807) is 12.1 Å². The number of allylic oxidation sites excluding steroid dienone is 2. The predicted octanol–water partition coefficient (Wildman–Crippen LogP) is 4.90. The lowest BCUT2D eigenvalue weighted by Crippen LogP contribution is -2.36. The Morgan fingerprint density at radius 3 is 2.22 bits per heavy atom. The van der Waals surface area contributed by atoms with Crippen LogP contribution in [0, 0.1) is 11.8 Å². The summed E-state index contributed by atoms with van der Waals surface area (Å²) in [4.78, 5) is 0. The third-order valence-electron chi connectivity index (χ3n) is 4.51. The summed E-state index contributed by atoms with van der Waals surface area (Å²) in [6, 6.07) is 5.42. The van der Waals surface area contributed by atoms with Gasteiger partial charge in [0.25, 0.3) is 0 Å². The van der Waals surface area contributed by atoms with E-state index in [1.807, 2.05) is 0 Å². The summed E-state index contributed by atoms with van der Waals surface area (Å²) >= 11 is 0. The van der Waals surface area contributed by atoms with Gasteiger partial charge in [-0.05, 0) is 42.5 Å². The highest BCUT2D eigenvalue weighted by atomic mass is 19.4. The normalized spacial score (nSPS) is 29.2. The van der Waals surface area contributed by atoms with E-state index in [0.29, 0.717) is 11.8 Å². The fourth-order valence-corrected chi connectivity index (χ4v) is 3.12. The molecule has 5 heteroatoms. The van der Waals surface area contributed by atoms with Crippen molar-refractivity contribution in [2.45, 2.75) is 38.7 Å². The monoisotopic (exact) mass is 326 g/mol. The lowest BCUT2D eigenvalue weighted by atomic mass is 9.86. The van der Waals surface area contributed by atoms with E-state index in [2.05, 4.69) is 13.0 Å². The average molecular weight is 326 g/mol. The molecule has 0 saturated carbocycles. The zero-order chi connectivity index (χ0) is 16.4. The minimum atomic E-state index is -4.28. The molecule has 1 aromatic carbocycles. The number of rotatable bonds is 2. The largest absolute Gasteiger partial charge is 0.416 e. The van der Waals surface area contributed by atoms with Crippen LogP contribution in [0.25, 0.3) is 5.57 Å². The van der Waals surface area contributed by atoms with Crippen LogP contribution in [0.5, 0.6) is 0 Å². The van der Waals surface area contributed by atoms with Gasteiger partial charge >= 0.3 is 6.18 Å². The highest BCUT2D eigenvalue weighted by Gasteiger charge is 2.31. The maximum absolute atomic E-state index is 12.6. The molecule has 0 N–H and O–H groups in total. The molecule has 1 unspecified atom stereocenters. The first kappa shape index (κ1) is 16.5. The molecule has 0 spiro atoms. The number of halogens is 3. The first-order valence-corrected chi connectivity index (χ1v) is 8.03. The SMILES string of the molecule is CC1COC(C2CC=C(c3ccc(C(F)(F)F)cc3)CC2)OC1. The zero-order valence-electron chi connectivity index (χ0n) is 13.1. The minimum absolute atomic E-state index is 0.142. The van der Waals surface area contributed by atoms with Gasteiger partial charge in [0.2, 0.25) is 0 Å². The second kappa shape index (κ2) is 6.65. The van der Waals surface area contributed by atoms with Gasteiger partial charge in [0, 0.05) is 11.8 Å². The highest BCUT2D eigenvalue weighted by molar-refractivity contribution is 5.66. The third-order valence-corrected chi connectivity index (χ3v) is 4.51. The van der Waals surface area contributed by atoms with Crippen molar-refractivity contribution < 1.29 is 22.6 Å². The molecule has 0 aromatic heterocycles. The van der Waals surface area contributed by atoms with Gasteiger partial charge < -0.3 is 9.47 Å². The number of hydrogen-bond acceptors (Lipinski definition) is 2. The van der Waals surface area contributed by atoms with Crippen LogP contribution in [0.4, 0.5) is 13.2 Å². The van der Waals surface area contributed by atoms with Crippen LogP contribution in [0.15, 0.2) is 30.3 Å². The van der Waals surface area contributed by atoms with Gasteiger partial charge in [-0.2, -0.15) is 13.2 Å². The van der Waals surface area contributed by atoms with Crippen LogP contribution in [-0.2, 0) is 15.7 Å². The Hall–Kier alpha value is -1.33. The molecule has 23 heavy (non-hydrogen) atoms. The molecule has 2 nitrogen and oxygen atoms in total. The van der Waals surface area contributed by atoms with E-state index >= 15 is 0 Å². The summed E-state index contributed by atoms with van der Waals surface area (Å²) in [7, 11) is 0. The van der Waals surface area contributed by atoms with Crippen LogP contribution in [0.1, 0.15) is 37.3 Å². The van der Waals surface area contributed by atoms with Crippen molar-refractivity contribution in [2.24, 2.45) is 11.8 Å². The maximum atomic E-state index is 12.6. The van der Waals surface area contributed by atoms with Gasteiger partial charge in [-0.3, -0.25) is 0 Å². The van der Waals surface area contributed by atoms with Crippen LogP contribution >= 0.6 is 0 Å². The van der Waals surface area contributed by atoms with Gasteiger partial charge in [-0.15, -0.1) is 0 Å². The zero-order valence-corrected chi connectivity index (χ0v) is 13.1. The van der Waals surface area contributed by atoms with Crippen molar-refractivity contribution in [2.75, 3.05) is 13.2 Å². The van der Waals surface area contributed by atoms with E-state index in [-0.39, 0.29) is 6.29 Å². The fraction of sp³-hybridized carbons (Fsp3) is 0.556. The smallest absolute Gasteiger partial charge is 0.352 e. The van der Waals surface area contributed by atoms with Gasteiger partial charge in [-0.25, -0.2) is 0 Å². The summed E-state index contributed by atoms with van der Waals surface area (Å²) in [6.45, 7) is 3.56. The third kappa shape index (κ3) is 3.96. The van der Waals surface area contributed by atoms with E-state index in [4.69, 9.17) is 9.47 Å². The Balaban J connectivity index is 1.62. The van der Waals surface area contributed by atoms with Crippen molar-refractivity contribution in [3.05, 3.63) is 41.5 Å². The molecule has 1 fully saturated rings. The second-order valence-corrected chi connectivity index (χ2v) is 6.48. The first-order valence-electron chi connectivity index (χ1n) is 8.03. The molecule has 3 rings (SSSR count). The van der Waals surface area contributed by atoms with Crippen LogP contribution < -0.4 is 0 Å². The van der Waals surface area contributed by atoms with Crippen molar-refractivity contribution in [3.63, 3.8) is 0 Å². The highest BCUT2D eigenvalue weighted by Crippen LogP contribution is 2.35. The molecule has 126 valence electrons. The predicted molar refractivity (Wildman–Crippen MR) is 81.6 cm³/mol. The van der Waals surface area contributed by atoms with Gasteiger partial charge in [0.15, 0.2) is 6.29 Å². The number of ether oxygens (including phenoxy) is 2. The second-order valence-electron chi connectivity index (χ2n) is 6.48. The molecular formula is C18H21F3O2. The first-order chi connectivity index (χ1) is 10.9.